The molecule has 5 rings (SSSR count). The topological polar surface area (TPSA) is 46.9 Å². The summed E-state index contributed by atoms with van der Waals surface area (Å²) in [6.45, 7) is 4.16. The molecule has 0 saturated heterocycles. The van der Waals surface area contributed by atoms with E-state index in [0.717, 1.165) is 34.3 Å². The van der Waals surface area contributed by atoms with Crippen LogP contribution in [0, 0.1) is 30.1 Å². The van der Waals surface area contributed by atoms with Gasteiger partial charge in [-0.3, -0.25) is 9.48 Å². The maximum Gasteiger partial charge on any atom is 0.270 e. The maximum absolute atomic E-state index is 13.0. The molecule has 24 heavy (non-hydrogen) atoms. The van der Waals surface area contributed by atoms with Crippen LogP contribution in [0.5, 0.6) is 0 Å². The third-order valence-electron chi connectivity index (χ3n) is 6.90. The molecule has 1 heterocycles. The van der Waals surface area contributed by atoms with Gasteiger partial charge in [0.1, 0.15) is 5.69 Å². The Balaban J connectivity index is 1.57. The number of nitrogens with one attached hydrogen (secondary N) is 1. The second-order valence-corrected chi connectivity index (χ2v) is 9.38. The molecule has 132 valence electrons. The fraction of sp³-hybridized carbons (Fsp3) is 0.789. The van der Waals surface area contributed by atoms with Crippen molar-refractivity contribution in [3.8, 4) is 0 Å². The zero-order valence-electron chi connectivity index (χ0n) is 14.9. The van der Waals surface area contributed by atoms with Crippen molar-refractivity contribution in [1.82, 2.24) is 15.1 Å². The Morgan fingerprint density at radius 1 is 1.29 bits per heavy atom. The largest absolute Gasteiger partial charge is 0.347 e. The normalized spacial score (nSPS) is 35.2. The molecule has 4 aliphatic rings. The lowest BCUT2D eigenvalue weighted by Crippen LogP contribution is -2.56. The van der Waals surface area contributed by atoms with Crippen molar-refractivity contribution in [2.45, 2.75) is 64.8 Å². The van der Waals surface area contributed by atoms with Gasteiger partial charge in [0.25, 0.3) is 5.91 Å². The minimum Gasteiger partial charge on any atom is -0.347 e. The van der Waals surface area contributed by atoms with E-state index in [1.807, 2.05) is 14.0 Å². The van der Waals surface area contributed by atoms with E-state index >= 15 is 0 Å². The molecule has 1 amide bonds. The minimum absolute atomic E-state index is 0.0209. The number of aromatic nitrogens is 2. The summed E-state index contributed by atoms with van der Waals surface area (Å²) in [7, 11) is 1.85. The summed E-state index contributed by atoms with van der Waals surface area (Å²) in [5, 5.41) is 7.77. The van der Waals surface area contributed by atoms with Crippen molar-refractivity contribution in [2.75, 3.05) is 0 Å². The standard InChI is InChI=1S/C19H28BrN3O/c1-4-15(21-18(24)17-16(20)11(2)22-23(17)3)19-8-12-5-13(9-19)7-14(6-12)10-19/h12-15H,4-10H2,1-3H3,(H,21,24)/t12?,13?,14?,15-,19?/m1/s1. The fourth-order valence-corrected chi connectivity index (χ4v) is 6.91. The van der Waals surface area contributed by atoms with Crippen molar-refractivity contribution in [1.29, 1.82) is 0 Å². The van der Waals surface area contributed by atoms with Gasteiger partial charge in [-0.2, -0.15) is 5.10 Å². The molecule has 5 heteroatoms. The summed E-state index contributed by atoms with van der Waals surface area (Å²) in [5.74, 6) is 2.75. The Labute approximate surface area is 152 Å². The highest BCUT2D eigenvalue weighted by Gasteiger charge is 2.54. The van der Waals surface area contributed by atoms with E-state index < -0.39 is 0 Å². The summed E-state index contributed by atoms with van der Waals surface area (Å²) in [5.41, 5.74) is 1.86. The van der Waals surface area contributed by atoms with Gasteiger partial charge in [-0.05, 0) is 91.0 Å². The van der Waals surface area contributed by atoms with E-state index in [-0.39, 0.29) is 5.91 Å². The molecule has 4 nitrogen and oxygen atoms in total. The van der Waals surface area contributed by atoms with Crippen molar-refractivity contribution >= 4 is 21.8 Å². The van der Waals surface area contributed by atoms with Crippen LogP contribution >= 0.6 is 15.9 Å². The van der Waals surface area contributed by atoms with Crippen LogP contribution in [0.2, 0.25) is 0 Å². The molecule has 0 unspecified atom stereocenters. The highest BCUT2D eigenvalue weighted by atomic mass is 79.9. The Hall–Kier alpha value is -0.840. The molecule has 1 aromatic heterocycles. The second kappa shape index (κ2) is 5.86. The van der Waals surface area contributed by atoms with Crippen LogP contribution in [-0.2, 0) is 7.05 Å². The van der Waals surface area contributed by atoms with Crippen LogP contribution in [0.15, 0.2) is 4.47 Å². The number of hydrogen-bond acceptors (Lipinski definition) is 2. The summed E-state index contributed by atoms with van der Waals surface area (Å²) in [6, 6.07) is 0.292. The Bertz CT molecular complexity index is 631. The number of nitrogens with zero attached hydrogens (tertiary/aromatic N) is 2. The van der Waals surface area contributed by atoms with E-state index in [0.29, 0.717) is 17.2 Å². The molecule has 0 aromatic carbocycles. The SMILES string of the molecule is CC[C@@H](NC(=O)c1c(Br)c(C)nn1C)C12CC3CC(CC(C3)C1)C2. The Kier molecular flexibility index (Phi) is 4.06. The van der Waals surface area contributed by atoms with E-state index in [2.05, 4.69) is 33.3 Å². The zero-order valence-corrected chi connectivity index (χ0v) is 16.5. The molecule has 4 fully saturated rings. The molecule has 4 aliphatic carbocycles. The van der Waals surface area contributed by atoms with Gasteiger partial charge in [0.05, 0.1) is 10.2 Å². The summed E-state index contributed by atoms with van der Waals surface area (Å²) < 4.78 is 2.52. The van der Waals surface area contributed by atoms with Crippen molar-refractivity contribution < 1.29 is 4.79 Å². The molecule has 0 radical (unpaired) electrons. The van der Waals surface area contributed by atoms with Crippen molar-refractivity contribution in [3.63, 3.8) is 0 Å². The van der Waals surface area contributed by atoms with Crippen LogP contribution < -0.4 is 5.32 Å². The van der Waals surface area contributed by atoms with Gasteiger partial charge >= 0.3 is 0 Å². The number of aryl methyl sites for hydroxylation is 2. The minimum atomic E-state index is 0.0209. The quantitative estimate of drug-likeness (QED) is 0.832. The van der Waals surface area contributed by atoms with Gasteiger partial charge < -0.3 is 5.32 Å². The third kappa shape index (κ3) is 2.54. The number of amides is 1. The van der Waals surface area contributed by atoms with E-state index in [1.54, 1.807) is 4.68 Å². The lowest BCUT2D eigenvalue weighted by atomic mass is 9.47. The van der Waals surface area contributed by atoms with Crippen LogP contribution in [0.3, 0.4) is 0 Å². The first kappa shape index (κ1) is 16.6. The summed E-state index contributed by atoms with van der Waals surface area (Å²) >= 11 is 3.53. The monoisotopic (exact) mass is 393 g/mol. The Morgan fingerprint density at radius 3 is 2.25 bits per heavy atom. The summed E-state index contributed by atoms with van der Waals surface area (Å²) in [4.78, 5) is 13.0. The lowest BCUT2D eigenvalue weighted by molar-refractivity contribution is -0.0727. The fourth-order valence-electron chi connectivity index (χ4n) is 6.40. The highest BCUT2D eigenvalue weighted by Crippen LogP contribution is 2.61. The molecule has 0 spiro atoms. The number of hydrogen-bond donors (Lipinski definition) is 1. The van der Waals surface area contributed by atoms with Gasteiger partial charge in [0.2, 0.25) is 0 Å². The number of carbonyl (C=O) groups excluding carboxylic acids is 1. The zero-order chi connectivity index (χ0) is 17.1. The first-order valence-electron chi connectivity index (χ1n) is 9.42. The average Bonchev–Trinajstić information content (AvgIpc) is 2.76. The van der Waals surface area contributed by atoms with Crippen LogP contribution in [-0.4, -0.2) is 21.7 Å². The molecular weight excluding hydrogens is 366 g/mol. The molecule has 1 aromatic rings. The van der Waals surface area contributed by atoms with Gasteiger partial charge in [0, 0.05) is 13.1 Å². The first-order chi connectivity index (χ1) is 11.4. The molecule has 4 saturated carbocycles. The van der Waals surface area contributed by atoms with Gasteiger partial charge in [-0.25, -0.2) is 0 Å². The lowest BCUT2D eigenvalue weighted by Gasteiger charge is -2.59. The smallest absolute Gasteiger partial charge is 0.270 e. The predicted octanol–water partition coefficient (Wildman–Crippen LogP) is 4.22. The molecule has 1 N–H and O–H groups in total. The maximum atomic E-state index is 13.0. The van der Waals surface area contributed by atoms with Crippen molar-refractivity contribution in [3.05, 3.63) is 15.9 Å². The number of rotatable bonds is 4. The predicted molar refractivity (Wildman–Crippen MR) is 97.8 cm³/mol. The van der Waals surface area contributed by atoms with Crippen LogP contribution in [0.25, 0.3) is 0 Å². The van der Waals surface area contributed by atoms with Crippen LogP contribution in [0.4, 0.5) is 0 Å². The first-order valence-corrected chi connectivity index (χ1v) is 10.2. The van der Waals surface area contributed by atoms with Gasteiger partial charge in [-0.1, -0.05) is 6.92 Å². The highest BCUT2D eigenvalue weighted by molar-refractivity contribution is 9.10. The van der Waals surface area contributed by atoms with Crippen molar-refractivity contribution in [2.24, 2.45) is 30.2 Å². The average molecular weight is 394 g/mol. The molecule has 0 aliphatic heterocycles. The molecule has 1 atom stereocenters. The van der Waals surface area contributed by atoms with Gasteiger partial charge in [-0.15, -0.1) is 0 Å². The van der Waals surface area contributed by atoms with Gasteiger partial charge in [0.15, 0.2) is 0 Å². The number of carbonyl (C=O) groups is 1. The third-order valence-corrected chi connectivity index (χ3v) is 7.85. The van der Waals surface area contributed by atoms with Crippen LogP contribution in [0.1, 0.15) is 68.1 Å². The molecule has 4 bridgehead atoms. The summed E-state index contributed by atoms with van der Waals surface area (Å²) in [6.07, 6.45) is 9.31. The van der Waals surface area contributed by atoms with E-state index in [4.69, 9.17) is 0 Å². The molecular formula is C19H28BrN3O. The van der Waals surface area contributed by atoms with E-state index in [1.165, 1.54) is 38.5 Å². The van der Waals surface area contributed by atoms with E-state index in [9.17, 15) is 4.79 Å². The second-order valence-electron chi connectivity index (χ2n) is 8.59. The number of halogens is 1. The Morgan fingerprint density at radius 2 is 1.83 bits per heavy atom.